The van der Waals surface area contributed by atoms with E-state index in [1.807, 2.05) is 192 Å². The fraction of sp³-hybridized carbons (Fsp3) is 0.863. The highest BCUT2D eigenvalue weighted by atomic mass is 19.3. The van der Waals surface area contributed by atoms with Gasteiger partial charge in [0.05, 0.1) is 83.0 Å². The van der Waals surface area contributed by atoms with Crippen molar-refractivity contribution >= 4 is 65.5 Å². The van der Waals surface area contributed by atoms with Crippen molar-refractivity contribution in [2.45, 2.75) is 269 Å². The molecule has 0 spiro atoms. The molecular formula is C80H163F2N5O24. The molecule has 0 aromatic carbocycles. The van der Waals surface area contributed by atoms with E-state index < -0.39 is 46.1 Å². The molecule has 666 valence electrons. The number of alkyl halides is 2. The van der Waals surface area contributed by atoms with Crippen molar-refractivity contribution in [3.8, 4) is 0 Å². The van der Waals surface area contributed by atoms with Gasteiger partial charge in [0.1, 0.15) is 26.4 Å². The van der Waals surface area contributed by atoms with Crippen molar-refractivity contribution < 1.29 is 124 Å². The largest absolute Gasteiger partial charge is 0.469 e. The minimum atomic E-state index is -2.58. The fourth-order valence-corrected chi connectivity index (χ4v) is 4.51. The van der Waals surface area contributed by atoms with E-state index in [4.69, 9.17) is 44.2 Å². The van der Waals surface area contributed by atoms with Crippen molar-refractivity contribution in [3.63, 3.8) is 0 Å². The number of carbonyl (C=O) groups excluding carboxylic acids is 11. The van der Waals surface area contributed by atoms with Gasteiger partial charge < -0.3 is 72.4 Å². The van der Waals surface area contributed by atoms with Gasteiger partial charge >= 0.3 is 47.8 Å². The number of esters is 8. The Morgan fingerprint density at radius 2 is 0.721 bits per heavy atom. The van der Waals surface area contributed by atoms with Gasteiger partial charge in [0.2, 0.25) is 17.7 Å². The molecular weight excluding hydrogens is 1450 g/mol. The predicted octanol–water partition coefficient (Wildman–Crippen LogP) is 13.0. The number of aliphatic hydroxyl groups excluding tert-OH is 1. The molecule has 0 saturated heterocycles. The number of halogens is 2. The van der Waals surface area contributed by atoms with Crippen LogP contribution in [0, 0.1) is 59.6 Å². The molecule has 0 bridgehead atoms. The summed E-state index contributed by atoms with van der Waals surface area (Å²) >= 11 is 0. The number of hydrogen-bond donors (Lipinski definition) is 4. The number of nitrogens with zero attached hydrogens (tertiary/aromatic N) is 2. The van der Waals surface area contributed by atoms with Crippen LogP contribution in [0.4, 0.5) is 8.78 Å². The molecule has 0 aromatic heterocycles. The number of amides is 3. The van der Waals surface area contributed by atoms with Crippen molar-refractivity contribution in [1.29, 1.82) is 0 Å². The zero-order chi connectivity index (χ0) is 91.5. The molecule has 31 heteroatoms. The Hall–Kier alpha value is -6.25. The third-order valence-corrected chi connectivity index (χ3v) is 11.2. The molecule has 0 aromatic rings. The molecule has 0 heterocycles. The summed E-state index contributed by atoms with van der Waals surface area (Å²) in [7, 11) is 11.9. The van der Waals surface area contributed by atoms with E-state index >= 15 is 0 Å². The topological polar surface area (TPSA) is 375 Å². The summed E-state index contributed by atoms with van der Waals surface area (Å²) in [6.45, 7) is 70.3. The number of rotatable bonds is 19. The first kappa shape index (κ1) is 128. The van der Waals surface area contributed by atoms with E-state index in [2.05, 4.69) is 34.7 Å². The Morgan fingerprint density at radius 1 is 0.396 bits per heavy atom. The van der Waals surface area contributed by atoms with Crippen LogP contribution < -0.4 is 16.7 Å². The number of hydrogen-bond acceptors (Lipinski definition) is 26. The average molecular weight is 1620 g/mol. The van der Waals surface area contributed by atoms with E-state index in [1.165, 1.54) is 14.2 Å². The van der Waals surface area contributed by atoms with E-state index in [-0.39, 0.29) is 131 Å². The number of hydroxylamine groups is 1. The van der Waals surface area contributed by atoms with Crippen molar-refractivity contribution in [1.82, 2.24) is 20.6 Å². The summed E-state index contributed by atoms with van der Waals surface area (Å²) in [6, 6.07) is 0. The van der Waals surface area contributed by atoms with E-state index in [0.29, 0.717) is 26.4 Å². The number of methoxy groups -OCH3 is 3. The second-order valence-electron chi connectivity index (χ2n) is 36.4. The predicted molar refractivity (Wildman–Crippen MR) is 431 cm³/mol. The molecule has 0 fully saturated rings. The quantitative estimate of drug-likeness (QED) is 0.0307. The Morgan fingerprint density at radius 3 is 0.919 bits per heavy atom. The summed E-state index contributed by atoms with van der Waals surface area (Å²) in [4.78, 5) is 133. The Balaban J connectivity index is -0.000000110. The van der Waals surface area contributed by atoms with Gasteiger partial charge in [-0.2, -0.15) is 0 Å². The van der Waals surface area contributed by atoms with Gasteiger partial charge in [0, 0.05) is 57.6 Å². The van der Waals surface area contributed by atoms with Crippen molar-refractivity contribution in [2.75, 3.05) is 129 Å². The van der Waals surface area contributed by atoms with Crippen LogP contribution in [0.3, 0.4) is 0 Å². The van der Waals surface area contributed by atoms with Crippen LogP contribution in [0.1, 0.15) is 256 Å². The lowest BCUT2D eigenvalue weighted by Crippen LogP contribution is -2.35. The molecule has 0 aliphatic heterocycles. The molecule has 3 amide bonds. The van der Waals surface area contributed by atoms with Crippen LogP contribution in [0.2, 0.25) is 0 Å². The number of likely N-dealkylation sites (N-methyl/N-ethyl adjacent to an activating group) is 1. The summed E-state index contributed by atoms with van der Waals surface area (Å²) in [5, 5.41) is 11.1. The Labute approximate surface area is 670 Å². The lowest BCUT2D eigenvalue weighted by Gasteiger charge is -2.21. The van der Waals surface area contributed by atoms with Crippen molar-refractivity contribution in [2.24, 2.45) is 65.5 Å². The molecule has 5 N–H and O–H groups in total. The maximum atomic E-state index is 11.5. The van der Waals surface area contributed by atoms with Crippen LogP contribution in [0.5, 0.6) is 0 Å². The fourth-order valence-electron chi connectivity index (χ4n) is 4.51. The Bertz CT molecular complexity index is 2380. The number of aliphatic hydroxyl groups is 1. The molecule has 0 radical (unpaired) electrons. The zero-order valence-corrected chi connectivity index (χ0v) is 77.7. The van der Waals surface area contributed by atoms with Crippen LogP contribution in [-0.4, -0.2) is 222 Å². The lowest BCUT2D eigenvalue weighted by molar-refractivity contribution is -0.163. The first-order chi connectivity index (χ1) is 49.2. The van der Waals surface area contributed by atoms with Gasteiger partial charge in [-0.15, -0.1) is 0 Å². The van der Waals surface area contributed by atoms with E-state index in [9.17, 15) is 61.5 Å². The average Bonchev–Trinajstić information content (AvgIpc) is 0.901. The first-order valence-corrected chi connectivity index (χ1v) is 36.8. The highest BCUT2D eigenvalue weighted by molar-refractivity contribution is 5.82. The smallest absolute Gasteiger partial charge is 0.313 e. The van der Waals surface area contributed by atoms with Gasteiger partial charge in [-0.3, -0.25) is 57.6 Å². The minimum Gasteiger partial charge on any atom is -0.469 e. The van der Waals surface area contributed by atoms with Crippen molar-refractivity contribution in [3.05, 3.63) is 0 Å². The molecule has 0 rings (SSSR count). The number of carbonyl (C=O) groups is 11. The van der Waals surface area contributed by atoms with Gasteiger partial charge in [-0.25, -0.2) is 20.2 Å². The molecule has 0 atom stereocenters. The van der Waals surface area contributed by atoms with Gasteiger partial charge in [0.15, 0.2) is 13.4 Å². The highest BCUT2D eigenvalue weighted by Crippen LogP contribution is 2.21. The number of ether oxygens (including phenoxy) is 10. The monoisotopic (exact) mass is 1620 g/mol. The van der Waals surface area contributed by atoms with Crippen LogP contribution >= 0.6 is 0 Å². The van der Waals surface area contributed by atoms with E-state index in [1.54, 1.807) is 109 Å². The molecule has 0 unspecified atom stereocenters. The summed E-state index contributed by atoms with van der Waals surface area (Å²) in [5.41, 5.74) is -2.14. The lowest BCUT2D eigenvalue weighted by atomic mass is 9.95. The maximum Gasteiger partial charge on any atom is 0.313 e. The van der Waals surface area contributed by atoms with Crippen LogP contribution in [0.15, 0.2) is 0 Å². The standard InChI is InChI=1S/C9H19NO2.C8H16O3.C8H16O2.C7H12F2O2.2C7H15NO3.2C7H15NO.C7H14O3.C7H14O2.C6H12O2/c1-9(2,3)8(11)12-7-6-10(4)5;1-8(2,3)7(9)11-6-5-10-4;1-6(2)10-7(9)8(3,4)5;1-7(2,3)6(10)11-4-5(8)9;1-7(2,3)6(9)10-4-5-11-8;1-7(2,3)6(10)8-11-5-4-9;1-7(2,3)6(9)8(4)5;1-5-8-6(9)7(2,3)4;1-7(2,3)6(8)10-5-9-4;1-5-9-6(8)7(2,3)4;1-6(2,3)5(7)8-4/h6-7H2,1-5H3;5-6H2,1-4H3;6H,1-5H3;5H,4H2,1-3H3;4-5,8H2,1-3H3;9H,4-5H2,1-3H3,(H,8,10);1-5H3;5H2,1-4H3,(H,8,9);5H2,1-4H3;5H2,1-4H3;1-4H3. The minimum absolute atomic E-state index is 0.00766. The zero-order valence-electron chi connectivity index (χ0n) is 77.7. The number of nitrogens with two attached hydrogens (primary N) is 1. The molecule has 0 aliphatic carbocycles. The second-order valence-corrected chi connectivity index (χ2v) is 36.4. The third kappa shape index (κ3) is 96.0. The first-order valence-electron chi connectivity index (χ1n) is 36.8. The van der Waals surface area contributed by atoms with Gasteiger partial charge in [-0.1, -0.05) is 62.3 Å². The normalized spacial score (nSPS) is 11.4. The molecule has 111 heavy (non-hydrogen) atoms. The van der Waals surface area contributed by atoms with Gasteiger partial charge in [-0.05, 0) is 208 Å². The maximum absolute atomic E-state index is 11.5. The second kappa shape index (κ2) is 64.1. The van der Waals surface area contributed by atoms with Crippen LogP contribution in [0.25, 0.3) is 0 Å². The van der Waals surface area contributed by atoms with E-state index in [0.717, 1.165) is 13.1 Å². The van der Waals surface area contributed by atoms with Gasteiger partial charge in [0.25, 0.3) is 6.43 Å². The summed E-state index contributed by atoms with van der Waals surface area (Å²) < 4.78 is 70.2. The SMILES string of the molecule is CC(C)(C)C(=O)NOCCO.CC(C)(C)C(=O)OCC(F)F.CC(C)(C)C(=O)OCCON.CC(C)OC(=O)C(C)(C)C.CCNC(=O)C(C)(C)C.CCOC(=O)C(C)(C)C.CN(C)C(=O)C(C)(C)C.CN(C)CCOC(=O)C(C)(C)C.COC(=O)C(C)(C)C.COCCOC(=O)C(C)(C)C.COCOC(=O)C(C)(C)C. The van der Waals surface area contributed by atoms with Crippen LogP contribution in [-0.2, 0) is 110 Å². The number of nitrogens with one attached hydrogen (secondary N) is 2. The molecule has 0 saturated carbocycles. The highest BCUT2D eigenvalue weighted by Gasteiger charge is 2.29. The third-order valence-electron chi connectivity index (χ3n) is 11.2. The summed E-state index contributed by atoms with van der Waals surface area (Å²) in [6.07, 6.45) is -2.59. The molecule has 0 aliphatic rings. The molecule has 29 nitrogen and oxygen atoms in total. The Kier molecular flexibility index (Phi) is 74.1. The summed E-state index contributed by atoms with van der Waals surface area (Å²) in [5.74, 6) is 2.99.